The molecule has 1 aliphatic rings. The topological polar surface area (TPSA) is 77.0 Å². The van der Waals surface area contributed by atoms with E-state index in [1.54, 1.807) is 6.20 Å². The van der Waals surface area contributed by atoms with Crippen molar-refractivity contribution in [3.63, 3.8) is 0 Å². The fraction of sp³-hybridized carbons (Fsp3) is 0.333. The summed E-state index contributed by atoms with van der Waals surface area (Å²) in [6, 6.07) is 8.39. The van der Waals surface area contributed by atoms with Gasteiger partial charge in [-0.1, -0.05) is 0 Å². The molecule has 25 heavy (non-hydrogen) atoms. The third-order valence-corrected chi connectivity index (χ3v) is 4.66. The molecule has 3 aromatic rings. The third kappa shape index (κ3) is 3.10. The minimum Gasteiger partial charge on any atom is -0.454 e. The molecule has 0 bridgehead atoms. The van der Waals surface area contributed by atoms with E-state index in [0.29, 0.717) is 6.54 Å². The van der Waals surface area contributed by atoms with Crippen molar-refractivity contribution < 1.29 is 9.47 Å². The Labute approximate surface area is 146 Å². The lowest BCUT2D eigenvalue weighted by molar-refractivity contribution is 0.174. The maximum atomic E-state index is 5.47. The van der Waals surface area contributed by atoms with Crippen LogP contribution in [0.15, 0.2) is 42.9 Å². The van der Waals surface area contributed by atoms with E-state index in [4.69, 9.17) is 9.47 Å². The Hall–Kier alpha value is -2.80. The summed E-state index contributed by atoms with van der Waals surface area (Å²) in [5.74, 6) is 1.55. The van der Waals surface area contributed by atoms with Crippen LogP contribution >= 0.6 is 0 Å². The van der Waals surface area contributed by atoms with Gasteiger partial charge in [0.25, 0.3) is 0 Å². The van der Waals surface area contributed by atoms with Gasteiger partial charge in [0.1, 0.15) is 0 Å². The minimum absolute atomic E-state index is 0.260. The Morgan fingerprint density at radius 1 is 1.28 bits per heavy atom. The zero-order valence-electron chi connectivity index (χ0n) is 14.3. The Morgan fingerprint density at radius 3 is 3.00 bits per heavy atom. The fourth-order valence-electron chi connectivity index (χ4n) is 2.94. The summed E-state index contributed by atoms with van der Waals surface area (Å²) in [6.07, 6.45) is 5.65. The molecule has 1 aromatic carbocycles. The maximum absolute atomic E-state index is 5.47. The first-order valence-corrected chi connectivity index (χ1v) is 8.37. The Morgan fingerprint density at radius 2 is 2.16 bits per heavy atom. The molecule has 130 valence electrons. The number of ether oxygens (including phenoxy) is 2. The molecule has 3 heterocycles. The summed E-state index contributed by atoms with van der Waals surface area (Å²) in [4.78, 5) is 0. The normalized spacial score (nSPS) is 15.3. The molecule has 2 aromatic heterocycles. The number of hydrogen-bond acceptors (Lipinski definition) is 5. The Kier molecular flexibility index (Phi) is 4.15. The lowest BCUT2D eigenvalue weighted by Crippen LogP contribution is -2.33. The highest BCUT2D eigenvalue weighted by Gasteiger charge is 2.18. The molecular formula is C18H21N5O2. The van der Waals surface area contributed by atoms with Crippen LogP contribution in [-0.4, -0.2) is 32.8 Å². The van der Waals surface area contributed by atoms with Gasteiger partial charge in [-0.2, -0.15) is 10.2 Å². The van der Waals surface area contributed by atoms with Crippen LogP contribution in [0.5, 0.6) is 11.5 Å². The zero-order chi connectivity index (χ0) is 17.2. The van der Waals surface area contributed by atoms with Gasteiger partial charge in [0.2, 0.25) is 6.79 Å². The van der Waals surface area contributed by atoms with Crippen molar-refractivity contribution in [3.05, 3.63) is 48.4 Å². The number of nitrogens with one attached hydrogen (secondary N) is 2. The standard InChI is InChI=1S/C18H21N5O2/c1-12(13(2)23-7-3-6-21-23)19-9-15-10-20-22-18(15)14-4-5-16-17(8-14)25-11-24-16/h3-8,10,12-13,19H,9,11H2,1-2H3,(H,20,22)/t12-,13-/m1/s1. The number of fused-ring (bicyclic) bond motifs is 1. The summed E-state index contributed by atoms with van der Waals surface area (Å²) < 4.78 is 12.8. The third-order valence-electron chi connectivity index (χ3n) is 4.66. The first kappa shape index (κ1) is 15.7. The van der Waals surface area contributed by atoms with Gasteiger partial charge in [-0.3, -0.25) is 9.78 Å². The van der Waals surface area contributed by atoms with Crippen molar-refractivity contribution in [2.24, 2.45) is 0 Å². The molecule has 2 atom stereocenters. The van der Waals surface area contributed by atoms with Crippen LogP contribution in [0.2, 0.25) is 0 Å². The summed E-state index contributed by atoms with van der Waals surface area (Å²) in [5.41, 5.74) is 3.13. The first-order valence-electron chi connectivity index (χ1n) is 8.37. The molecule has 0 aliphatic carbocycles. The SMILES string of the molecule is C[C@H]([C@@H](C)NCc1cn[nH]c1-c1ccc2c(c1)OCO2)n1cccn1. The van der Waals surface area contributed by atoms with E-state index < -0.39 is 0 Å². The Balaban J connectivity index is 1.47. The molecule has 2 N–H and O–H groups in total. The van der Waals surface area contributed by atoms with Crippen molar-refractivity contribution in [1.29, 1.82) is 0 Å². The molecule has 7 nitrogen and oxygen atoms in total. The molecule has 7 heteroatoms. The van der Waals surface area contributed by atoms with E-state index in [1.807, 2.05) is 41.3 Å². The van der Waals surface area contributed by atoms with Crippen LogP contribution in [0.3, 0.4) is 0 Å². The highest BCUT2D eigenvalue weighted by Crippen LogP contribution is 2.36. The lowest BCUT2D eigenvalue weighted by Gasteiger charge is -2.21. The molecule has 1 aliphatic heterocycles. The number of nitrogens with zero attached hydrogens (tertiary/aromatic N) is 3. The number of rotatable bonds is 6. The number of aromatic nitrogens is 4. The van der Waals surface area contributed by atoms with Crippen molar-refractivity contribution >= 4 is 0 Å². The molecule has 4 rings (SSSR count). The van der Waals surface area contributed by atoms with Crippen LogP contribution in [0, 0.1) is 0 Å². The molecule has 0 radical (unpaired) electrons. The molecule has 0 amide bonds. The second-order valence-electron chi connectivity index (χ2n) is 6.23. The second kappa shape index (κ2) is 6.60. The summed E-state index contributed by atoms with van der Waals surface area (Å²) in [6.45, 7) is 5.30. The van der Waals surface area contributed by atoms with Crippen molar-refractivity contribution in [2.75, 3.05) is 6.79 Å². The fourth-order valence-corrected chi connectivity index (χ4v) is 2.94. The molecule has 0 spiro atoms. The van der Waals surface area contributed by atoms with Gasteiger partial charge in [0.05, 0.1) is 17.9 Å². The molecule has 0 unspecified atom stereocenters. The first-order chi connectivity index (χ1) is 12.2. The minimum atomic E-state index is 0.260. The monoisotopic (exact) mass is 339 g/mol. The molecule has 0 saturated carbocycles. The van der Waals surface area contributed by atoms with Crippen LogP contribution in [0.4, 0.5) is 0 Å². The summed E-state index contributed by atoms with van der Waals surface area (Å²) in [7, 11) is 0. The maximum Gasteiger partial charge on any atom is 0.231 e. The van der Waals surface area contributed by atoms with Gasteiger partial charge < -0.3 is 14.8 Å². The smallest absolute Gasteiger partial charge is 0.231 e. The van der Waals surface area contributed by atoms with E-state index in [0.717, 1.165) is 28.3 Å². The summed E-state index contributed by atoms with van der Waals surface area (Å²) in [5, 5.41) is 15.2. The van der Waals surface area contributed by atoms with Crippen molar-refractivity contribution in [2.45, 2.75) is 32.5 Å². The predicted octanol–water partition coefficient (Wildman–Crippen LogP) is 2.74. The molecule has 0 saturated heterocycles. The largest absolute Gasteiger partial charge is 0.454 e. The molecule has 0 fully saturated rings. The van der Waals surface area contributed by atoms with Gasteiger partial charge in [0.15, 0.2) is 11.5 Å². The van der Waals surface area contributed by atoms with Crippen LogP contribution in [0.25, 0.3) is 11.3 Å². The van der Waals surface area contributed by atoms with Crippen LogP contribution < -0.4 is 14.8 Å². The number of hydrogen-bond donors (Lipinski definition) is 2. The quantitative estimate of drug-likeness (QED) is 0.722. The van der Waals surface area contributed by atoms with Crippen molar-refractivity contribution in [3.8, 4) is 22.8 Å². The van der Waals surface area contributed by atoms with Gasteiger partial charge in [-0.05, 0) is 38.1 Å². The second-order valence-corrected chi connectivity index (χ2v) is 6.23. The van der Waals surface area contributed by atoms with Crippen LogP contribution in [-0.2, 0) is 6.54 Å². The number of aromatic amines is 1. The van der Waals surface area contributed by atoms with E-state index >= 15 is 0 Å². The molecular weight excluding hydrogens is 318 g/mol. The van der Waals surface area contributed by atoms with Gasteiger partial charge in [-0.25, -0.2) is 0 Å². The van der Waals surface area contributed by atoms with E-state index in [2.05, 4.69) is 34.5 Å². The van der Waals surface area contributed by atoms with Gasteiger partial charge >= 0.3 is 0 Å². The van der Waals surface area contributed by atoms with E-state index in [-0.39, 0.29) is 18.9 Å². The van der Waals surface area contributed by atoms with Gasteiger partial charge in [-0.15, -0.1) is 0 Å². The highest BCUT2D eigenvalue weighted by atomic mass is 16.7. The zero-order valence-corrected chi connectivity index (χ0v) is 14.3. The van der Waals surface area contributed by atoms with Crippen molar-refractivity contribution in [1.82, 2.24) is 25.3 Å². The number of benzene rings is 1. The predicted molar refractivity (Wildman–Crippen MR) is 93.4 cm³/mol. The summed E-state index contributed by atoms with van der Waals surface area (Å²) >= 11 is 0. The van der Waals surface area contributed by atoms with Gasteiger partial charge in [0, 0.05) is 36.1 Å². The van der Waals surface area contributed by atoms with Crippen LogP contribution in [0.1, 0.15) is 25.5 Å². The average molecular weight is 339 g/mol. The van der Waals surface area contributed by atoms with E-state index in [9.17, 15) is 0 Å². The highest BCUT2D eigenvalue weighted by molar-refractivity contribution is 5.66. The average Bonchev–Trinajstić information content (AvgIpc) is 3.39. The Bertz CT molecular complexity index is 843. The lowest BCUT2D eigenvalue weighted by atomic mass is 10.1. The van der Waals surface area contributed by atoms with E-state index in [1.165, 1.54) is 0 Å². The number of H-pyrrole nitrogens is 1.